The highest BCUT2D eigenvalue weighted by Gasteiger charge is 2.30. The van der Waals surface area contributed by atoms with E-state index in [0.717, 1.165) is 36.4 Å². The van der Waals surface area contributed by atoms with Crippen LogP contribution >= 0.6 is 0 Å². The Bertz CT molecular complexity index is 810. The van der Waals surface area contributed by atoms with Gasteiger partial charge in [0.2, 0.25) is 5.91 Å². The quantitative estimate of drug-likeness (QED) is 0.742. The Morgan fingerprint density at radius 2 is 2.12 bits per heavy atom. The van der Waals surface area contributed by atoms with Crippen molar-refractivity contribution in [1.29, 1.82) is 0 Å². The first kappa shape index (κ1) is 14.9. The van der Waals surface area contributed by atoms with E-state index in [1.165, 1.54) is 0 Å². The Morgan fingerprint density at radius 1 is 1.21 bits per heavy atom. The molecule has 0 N–H and O–H groups in total. The molecule has 1 unspecified atom stereocenters. The molecule has 3 aromatic heterocycles. The van der Waals surface area contributed by atoms with Gasteiger partial charge >= 0.3 is 0 Å². The van der Waals surface area contributed by atoms with Crippen LogP contribution < -0.4 is 0 Å². The van der Waals surface area contributed by atoms with Gasteiger partial charge in [0, 0.05) is 31.6 Å². The molecule has 0 saturated carbocycles. The number of aromatic nitrogens is 3. The first-order valence-corrected chi connectivity index (χ1v) is 8.44. The molecule has 24 heavy (non-hydrogen) atoms. The molecule has 122 valence electrons. The normalized spacial score (nSPS) is 17.5. The predicted octanol–water partition coefficient (Wildman–Crippen LogP) is 3.03. The molecule has 0 bridgehead atoms. The summed E-state index contributed by atoms with van der Waals surface area (Å²) in [7, 11) is 0. The smallest absolute Gasteiger partial charge is 0.223 e. The van der Waals surface area contributed by atoms with Crippen LogP contribution in [0.5, 0.6) is 0 Å². The molecule has 1 amide bonds. The van der Waals surface area contributed by atoms with E-state index in [0.29, 0.717) is 12.8 Å². The summed E-state index contributed by atoms with van der Waals surface area (Å²) in [6.07, 6.45) is 8.98. The number of hydrogen-bond donors (Lipinski definition) is 0. The molecule has 0 aliphatic carbocycles. The molecule has 1 fully saturated rings. The van der Waals surface area contributed by atoms with E-state index in [1.807, 2.05) is 58.1 Å². The molecule has 4 heterocycles. The average molecular weight is 320 g/mol. The van der Waals surface area contributed by atoms with Gasteiger partial charge in [-0.15, -0.1) is 0 Å². The van der Waals surface area contributed by atoms with E-state index in [4.69, 9.17) is 0 Å². The molecular weight excluding hydrogens is 300 g/mol. The molecule has 4 rings (SSSR count). The molecule has 1 saturated heterocycles. The monoisotopic (exact) mass is 320 g/mol. The number of rotatable bonds is 4. The molecule has 3 aromatic rings. The Hall–Kier alpha value is -2.69. The molecule has 0 spiro atoms. The van der Waals surface area contributed by atoms with Crippen molar-refractivity contribution in [2.45, 2.75) is 31.7 Å². The third-order valence-electron chi connectivity index (χ3n) is 4.61. The van der Waals surface area contributed by atoms with Crippen LogP contribution in [-0.4, -0.2) is 31.7 Å². The molecule has 0 radical (unpaired) electrons. The Labute approximate surface area is 141 Å². The van der Waals surface area contributed by atoms with Gasteiger partial charge in [0.15, 0.2) is 0 Å². The van der Waals surface area contributed by atoms with Crippen LogP contribution in [0.2, 0.25) is 0 Å². The summed E-state index contributed by atoms with van der Waals surface area (Å²) in [6.45, 7) is 0.825. The van der Waals surface area contributed by atoms with Crippen LogP contribution in [0.1, 0.15) is 36.7 Å². The van der Waals surface area contributed by atoms with Crippen LogP contribution in [0.25, 0.3) is 5.65 Å². The number of nitrogens with zero attached hydrogens (tertiary/aromatic N) is 4. The molecule has 5 heteroatoms. The van der Waals surface area contributed by atoms with Gasteiger partial charge in [-0.1, -0.05) is 12.1 Å². The third kappa shape index (κ3) is 2.89. The largest absolute Gasteiger partial charge is 0.334 e. The molecule has 5 nitrogen and oxygen atoms in total. The predicted molar refractivity (Wildman–Crippen MR) is 91.4 cm³/mol. The number of amides is 1. The van der Waals surface area contributed by atoms with Crippen molar-refractivity contribution in [1.82, 2.24) is 19.3 Å². The lowest BCUT2D eigenvalue weighted by atomic mass is 10.1. The lowest BCUT2D eigenvalue weighted by molar-refractivity contribution is -0.132. The van der Waals surface area contributed by atoms with Crippen molar-refractivity contribution in [2.24, 2.45) is 0 Å². The molecule has 1 aliphatic rings. The van der Waals surface area contributed by atoms with E-state index in [-0.39, 0.29) is 11.9 Å². The van der Waals surface area contributed by atoms with Gasteiger partial charge in [-0.3, -0.25) is 9.78 Å². The van der Waals surface area contributed by atoms with Crippen molar-refractivity contribution >= 4 is 11.6 Å². The van der Waals surface area contributed by atoms with Crippen LogP contribution in [0.15, 0.2) is 55.0 Å². The van der Waals surface area contributed by atoms with Crippen LogP contribution in [-0.2, 0) is 11.2 Å². The van der Waals surface area contributed by atoms with Gasteiger partial charge < -0.3 is 9.30 Å². The highest BCUT2D eigenvalue weighted by Crippen LogP contribution is 2.31. The first-order chi connectivity index (χ1) is 11.8. The number of pyridine rings is 2. The van der Waals surface area contributed by atoms with Gasteiger partial charge in [0.1, 0.15) is 5.65 Å². The third-order valence-corrected chi connectivity index (χ3v) is 4.61. The van der Waals surface area contributed by atoms with Gasteiger partial charge in [-0.2, -0.15) is 0 Å². The number of likely N-dealkylation sites (tertiary alicyclic amines) is 1. The van der Waals surface area contributed by atoms with Crippen LogP contribution in [0.4, 0.5) is 0 Å². The van der Waals surface area contributed by atoms with Gasteiger partial charge in [0.25, 0.3) is 0 Å². The number of carbonyl (C=O) groups excluding carboxylic acids is 1. The Morgan fingerprint density at radius 3 is 2.96 bits per heavy atom. The summed E-state index contributed by atoms with van der Waals surface area (Å²) in [5.41, 5.74) is 2.88. The van der Waals surface area contributed by atoms with Crippen LogP contribution in [0, 0.1) is 0 Å². The summed E-state index contributed by atoms with van der Waals surface area (Å²) in [5, 5.41) is 0. The van der Waals surface area contributed by atoms with Crippen molar-refractivity contribution in [2.75, 3.05) is 6.54 Å². The minimum absolute atomic E-state index is 0.125. The lowest BCUT2D eigenvalue weighted by Gasteiger charge is -2.24. The highest BCUT2D eigenvalue weighted by atomic mass is 16.2. The highest BCUT2D eigenvalue weighted by molar-refractivity contribution is 5.77. The summed E-state index contributed by atoms with van der Waals surface area (Å²) >= 11 is 0. The fourth-order valence-corrected chi connectivity index (χ4v) is 3.43. The fraction of sp³-hybridized carbons (Fsp3) is 0.316. The van der Waals surface area contributed by atoms with Crippen molar-refractivity contribution in [3.63, 3.8) is 0 Å². The average Bonchev–Trinajstić information content (AvgIpc) is 3.27. The maximum absolute atomic E-state index is 12.7. The zero-order valence-electron chi connectivity index (χ0n) is 13.5. The molecule has 1 aliphatic heterocycles. The lowest BCUT2D eigenvalue weighted by Crippen LogP contribution is -2.31. The topological polar surface area (TPSA) is 50.5 Å². The molecular formula is C19H20N4O. The number of fused-ring (bicyclic) bond motifs is 1. The first-order valence-electron chi connectivity index (χ1n) is 8.44. The van der Waals surface area contributed by atoms with Crippen LogP contribution in [0.3, 0.4) is 0 Å². The second kappa shape index (κ2) is 6.43. The Balaban J connectivity index is 1.43. The van der Waals surface area contributed by atoms with Crippen molar-refractivity contribution in [3.8, 4) is 0 Å². The summed E-state index contributed by atoms with van der Waals surface area (Å²) in [4.78, 5) is 23.7. The number of hydrogen-bond acceptors (Lipinski definition) is 3. The molecule has 0 aromatic carbocycles. The standard InChI is InChI=1S/C19H20N4O/c24-19(10-9-15-14-22-12-4-2-8-18(22)21-15)23-13-5-7-17(23)16-6-1-3-11-20-16/h1-4,6,8,11-12,14,17H,5,7,9-10,13H2. The second-order valence-corrected chi connectivity index (χ2v) is 6.20. The van der Waals surface area contributed by atoms with Gasteiger partial charge in [-0.05, 0) is 43.5 Å². The van der Waals surface area contributed by atoms with E-state index >= 15 is 0 Å². The zero-order chi connectivity index (χ0) is 16.4. The zero-order valence-corrected chi connectivity index (χ0v) is 13.5. The van der Waals surface area contributed by atoms with E-state index in [2.05, 4.69) is 9.97 Å². The van der Waals surface area contributed by atoms with E-state index < -0.39 is 0 Å². The summed E-state index contributed by atoms with van der Waals surface area (Å²) < 4.78 is 1.99. The minimum Gasteiger partial charge on any atom is -0.334 e. The number of imidazole rings is 1. The molecule has 1 atom stereocenters. The summed E-state index contributed by atoms with van der Waals surface area (Å²) in [6, 6.07) is 12.0. The maximum Gasteiger partial charge on any atom is 0.223 e. The van der Waals surface area contributed by atoms with E-state index in [9.17, 15) is 4.79 Å². The van der Waals surface area contributed by atoms with Gasteiger partial charge in [-0.25, -0.2) is 4.98 Å². The van der Waals surface area contributed by atoms with Gasteiger partial charge in [0.05, 0.1) is 17.4 Å². The summed E-state index contributed by atoms with van der Waals surface area (Å²) in [5.74, 6) is 0.195. The Kier molecular flexibility index (Phi) is 3.99. The second-order valence-electron chi connectivity index (χ2n) is 6.20. The number of carbonyl (C=O) groups is 1. The SMILES string of the molecule is O=C(CCc1cn2ccccc2n1)N1CCCC1c1ccccn1. The minimum atomic E-state index is 0.125. The van der Waals surface area contributed by atoms with Crippen molar-refractivity contribution in [3.05, 3.63) is 66.4 Å². The number of aryl methyl sites for hydroxylation is 1. The fourth-order valence-electron chi connectivity index (χ4n) is 3.43. The maximum atomic E-state index is 12.7. The van der Waals surface area contributed by atoms with Crippen molar-refractivity contribution < 1.29 is 4.79 Å². The van der Waals surface area contributed by atoms with E-state index in [1.54, 1.807) is 6.20 Å².